The number of ketones is 1. The molecule has 0 unspecified atom stereocenters. The Morgan fingerprint density at radius 2 is 2.08 bits per heavy atom. The van der Waals surface area contributed by atoms with Crippen molar-refractivity contribution >= 4 is 5.78 Å². The smallest absolute Gasteiger partial charge is 0.138 e. The van der Waals surface area contributed by atoms with Crippen LogP contribution in [0.3, 0.4) is 0 Å². The molecule has 4 saturated carbocycles. The third-order valence-electron chi connectivity index (χ3n) is 4.34. The lowest BCUT2D eigenvalue weighted by Gasteiger charge is -2.15. The summed E-state index contributed by atoms with van der Waals surface area (Å²) in [6.45, 7) is 0. The van der Waals surface area contributed by atoms with Crippen molar-refractivity contribution in [2.75, 3.05) is 0 Å². The van der Waals surface area contributed by atoms with Crippen LogP contribution in [0.1, 0.15) is 19.3 Å². The molecule has 6 atom stereocenters. The second kappa shape index (κ2) is 1.63. The van der Waals surface area contributed by atoms with Crippen LogP contribution < -0.4 is 0 Å². The Hall–Kier alpha value is -0.370. The Labute approximate surface area is 71.3 Å². The molecule has 12 heavy (non-hydrogen) atoms. The van der Waals surface area contributed by atoms with Crippen LogP contribution in [0.15, 0.2) is 0 Å². The zero-order chi connectivity index (χ0) is 7.87. The largest absolute Gasteiger partial charge is 0.368 e. The molecule has 0 aromatic carbocycles. The van der Waals surface area contributed by atoms with E-state index in [2.05, 4.69) is 0 Å². The Morgan fingerprint density at radius 3 is 3.00 bits per heavy atom. The second-order valence-corrected chi connectivity index (χ2v) is 4.82. The lowest BCUT2D eigenvalue weighted by molar-refractivity contribution is -0.123. The Morgan fingerprint density at radius 1 is 1.17 bits per heavy atom. The zero-order valence-corrected chi connectivity index (χ0v) is 6.90. The molecule has 0 amide bonds. The summed E-state index contributed by atoms with van der Waals surface area (Å²) in [4.78, 5) is 11.7. The number of rotatable bonds is 0. The molecule has 2 heteroatoms. The second-order valence-electron chi connectivity index (χ2n) is 4.82. The van der Waals surface area contributed by atoms with Crippen molar-refractivity contribution in [2.45, 2.75) is 31.5 Å². The fraction of sp³-hybridized carbons (Fsp3) is 0.900. The van der Waals surface area contributed by atoms with Gasteiger partial charge in [-0.25, -0.2) is 0 Å². The fourth-order valence-electron chi connectivity index (χ4n) is 3.67. The van der Waals surface area contributed by atoms with Gasteiger partial charge in [0.2, 0.25) is 0 Å². The highest BCUT2D eigenvalue weighted by Crippen LogP contribution is 2.65. The van der Waals surface area contributed by atoms with Gasteiger partial charge in [-0.2, -0.15) is 0 Å². The first-order valence-electron chi connectivity index (χ1n) is 5.04. The maximum absolute atomic E-state index is 11.7. The summed E-state index contributed by atoms with van der Waals surface area (Å²) in [7, 11) is 0. The highest BCUT2D eigenvalue weighted by Gasteiger charge is 2.69. The quantitative estimate of drug-likeness (QED) is 0.500. The molecule has 2 nitrogen and oxygen atoms in total. The normalized spacial score (nSPS) is 65.2. The standard InChI is InChI=1S/C10H12O2/c11-7-2-1-4-5-3-6(5)8(7)10-9(4)12-10/h4-6,8-10H,1-3H2/t4-,5-,6-,8-,9-,10+/m1/s1. The van der Waals surface area contributed by atoms with Crippen molar-refractivity contribution in [3.63, 3.8) is 0 Å². The SMILES string of the molecule is O=C1CC[C@@H]2[C@H]3C[C@H]3[C@H]1[C@@H]1O[C@H]21. The van der Waals surface area contributed by atoms with Crippen LogP contribution in [-0.4, -0.2) is 18.0 Å². The Bertz CT molecular complexity index is 255. The summed E-state index contributed by atoms with van der Waals surface area (Å²) in [6, 6.07) is 0. The van der Waals surface area contributed by atoms with E-state index in [9.17, 15) is 4.79 Å². The third-order valence-corrected chi connectivity index (χ3v) is 4.34. The van der Waals surface area contributed by atoms with E-state index in [0.717, 1.165) is 30.6 Å². The predicted octanol–water partition coefficient (Wildman–Crippen LogP) is 0.999. The van der Waals surface area contributed by atoms with Crippen LogP contribution in [0, 0.1) is 23.7 Å². The van der Waals surface area contributed by atoms with E-state index >= 15 is 0 Å². The van der Waals surface area contributed by atoms with Crippen molar-refractivity contribution in [3.8, 4) is 0 Å². The fourth-order valence-corrected chi connectivity index (χ4v) is 3.67. The molecule has 1 heterocycles. The van der Waals surface area contributed by atoms with Gasteiger partial charge in [-0.1, -0.05) is 0 Å². The molecule has 2 bridgehead atoms. The van der Waals surface area contributed by atoms with Gasteiger partial charge < -0.3 is 4.74 Å². The van der Waals surface area contributed by atoms with Crippen LogP contribution in [0.25, 0.3) is 0 Å². The number of epoxide rings is 1. The summed E-state index contributed by atoms with van der Waals surface area (Å²) in [5.74, 6) is 3.23. The topological polar surface area (TPSA) is 29.6 Å². The number of carbonyl (C=O) groups excluding carboxylic acids is 1. The molecule has 1 saturated heterocycles. The van der Waals surface area contributed by atoms with Crippen LogP contribution in [0.5, 0.6) is 0 Å². The van der Waals surface area contributed by atoms with Gasteiger partial charge in [0.15, 0.2) is 0 Å². The number of ether oxygens (including phenoxy) is 1. The molecule has 1 aliphatic heterocycles. The number of hydrogen-bond donors (Lipinski definition) is 0. The van der Waals surface area contributed by atoms with Gasteiger partial charge in [0.05, 0.1) is 12.2 Å². The molecule has 64 valence electrons. The van der Waals surface area contributed by atoms with Crippen LogP contribution >= 0.6 is 0 Å². The summed E-state index contributed by atoms with van der Waals surface area (Å²) in [6.07, 6.45) is 4.17. The van der Waals surface area contributed by atoms with Gasteiger partial charge in [0, 0.05) is 12.3 Å². The van der Waals surface area contributed by atoms with Gasteiger partial charge in [-0.3, -0.25) is 4.79 Å². The van der Waals surface area contributed by atoms with E-state index < -0.39 is 0 Å². The average molecular weight is 164 g/mol. The van der Waals surface area contributed by atoms with Crippen molar-refractivity contribution in [3.05, 3.63) is 0 Å². The summed E-state index contributed by atoms with van der Waals surface area (Å²) >= 11 is 0. The molecule has 0 radical (unpaired) electrons. The molecule has 5 rings (SSSR count). The third kappa shape index (κ3) is 0.535. The Balaban J connectivity index is 1.84. The monoisotopic (exact) mass is 164 g/mol. The van der Waals surface area contributed by atoms with Crippen LogP contribution in [0.4, 0.5) is 0 Å². The minimum absolute atomic E-state index is 0.332. The number of fused-ring (bicyclic) bond motifs is 2. The van der Waals surface area contributed by atoms with Gasteiger partial charge in [0.25, 0.3) is 0 Å². The Kier molecular flexibility index (Phi) is 0.831. The lowest BCUT2D eigenvalue weighted by atomic mass is 9.84. The molecular weight excluding hydrogens is 152 g/mol. The maximum atomic E-state index is 11.7. The molecule has 5 fully saturated rings. The van der Waals surface area contributed by atoms with Crippen molar-refractivity contribution in [2.24, 2.45) is 23.7 Å². The van der Waals surface area contributed by atoms with Gasteiger partial charge in [0.1, 0.15) is 5.78 Å². The van der Waals surface area contributed by atoms with E-state index in [4.69, 9.17) is 4.74 Å². The van der Waals surface area contributed by atoms with Crippen LogP contribution in [-0.2, 0) is 9.53 Å². The molecule has 0 N–H and O–H groups in total. The van der Waals surface area contributed by atoms with E-state index in [-0.39, 0.29) is 0 Å². The molecule has 0 aromatic rings. The average Bonchev–Trinajstić information content (AvgIpc) is 2.72. The molecule has 0 aromatic heterocycles. The number of carbonyl (C=O) groups is 1. The van der Waals surface area contributed by atoms with Crippen LogP contribution in [0.2, 0.25) is 0 Å². The van der Waals surface area contributed by atoms with Crippen molar-refractivity contribution in [1.29, 1.82) is 0 Å². The number of Topliss-reactive ketones (excluding diaryl/α,β-unsaturated/α-hetero) is 1. The minimum atomic E-state index is 0.332. The highest BCUT2D eigenvalue weighted by molar-refractivity contribution is 5.84. The first kappa shape index (κ1) is 6.14. The van der Waals surface area contributed by atoms with E-state index in [1.807, 2.05) is 0 Å². The maximum Gasteiger partial charge on any atom is 0.138 e. The molecule has 4 aliphatic carbocycles. The summed E-state index contributed by atoms with van der Waals surface area (Å²) in [5.41, 5.74) is 0. The first-order valence-corrected chi connectivity index (χ1v) is 5.04. The van der Waals surface area contributed by atoms with Gasteiger partial charge >= 0.3 is 0 Å². The first-order chi connectivity index (χ1) is 5.86. The molecule has 0 spiro atoms. The van der Waals surface area contributed by atoms with Crippen molar-refractivity contribution in [1.82, 2.24) is 0 Å². The predicted molar refractivity (Wildman–Crippen MR) is 41.5 cm³/mol. The summed E-state index contributed by atoms with van der Waals surface area (Å²) in [5, 5.41) is 0. The highest BCUT2D eigenvalue weighted by atomic mass is 16.6. The van der Waals surface area contributed by atoms with Gasteiger partial charge in [-0.15, -0.1) is 0 Å². The number of hydrogen-bond acceptors (Lipinski definition) is 2. The molecular formula is C10H12O2. The minimum Gasteiger partial charge on any atom is -0.368 e. The lowest BCUT2D eigenvalue weighted by Crippen LogP contribution is -2.26. The zero-order valence-electron chi connectivity index (χ0n) is 6.90. The summed E-state index contributed by atoms with van der Waals surface area (Å²) < 4.78 is 5.60. The van der Waals surface area contributed by atoms with E-state index in [1.165, 1.54) is 6.42 Å². The van der Waals surface area contributed by atoms with Gasteiger partial charge in [-0.05, 0) is 30.6 Å². The molecule has 5 aliphatic rings. The van der Waals surface area contributed by atoms with Crippen molar-refractivity contribution < 1.29 is 9.53 Å². The van der Waals surface area contributed by atoms with E-state index in [1.54, 1.807) is 0 Å². The van der Waals surface area contributed by atoms with E-state index in [0.29, 0.717) is 23.9 Å².